The number of carbonyl (C=O) groups is 1. The van der Waals surface area contributed by atoms with E-state index in [1.807, 2.05) is 25.1 Å². The molecule has 0 aliphatic heterocycles. The number of carbonyl (C=O) groups excluding carboxylic acids is 1. The molecule has 0 fully saturated rings. The molecular formula is C15H25N3O. The third kappa shape index (κ3) is 6.25. The fraction of sp³-hybridized carbons (Fsp3) is 0.533. The van der Waals surface area contributed by atoms with Gasteiger partial charge in [-0.3, -0.25) is 4.79 Å². The van der Waals surface area contributed by atoms with Crippen molar-refractivity contribution in [2.24, 2.45) is 0 Å². The van der Waals surface area contributed by atoms with Gasteiger partial charge in [-0.15, -0.1) is 0 Å². The molecule has 0 bridgehead atoms. The number of hydrogen-bond donors (Lipinski definition) is 3. The van der Waals surface area contributed by atoms with Crippen LogP contribution in [0.25, 0.3) is 0 Å². The smallest absolute Gasteiger partial charge is 0.221 e. The molecule has 0 unspecified atom stereocenters. The van der Waals surface area contributed by atoms with Gasteiger partial charge in [0.25, 0.3) is 0 Å². The molecule has 4 heteroatoms. The number of hydrogen-bond acceptors (Lipinski definition) is 3. The molecule has 0 saturated heterocycles. The van der Waals surface area contributed by atoms with Crippen molar-refractivity contribution in [1.29, 1.82) is 0 Å². The summed E-state index contributed by atoms with van der Waals surface area (Å²) in [5, 5.41) is 9.60. The lowest BCUT2D eigenvalue weighted by Crippen LogP contribution is -2.38. The van der Waals surface area contributed by atoms with Crippen molar-refractivity contribution in [2.75, 3.05) is 23.7 Å². The topological polar surface area (TPSA) is 53.2 Å². The summed E-state index contributed by atoms with van der Waals surface area (Å²) in [6.45, 7) is 11.7. The number of aryl methyl sites for hydroxylation is 1. The summed E-state index contributed by atoms with van der Waals surface area (Å²) in [6.07, 6.45) is 0. The Morgan fingerprint density at radius 2 is 1.89 bits per heavy atom. The summed E-state index contributed by atoms with van der Waals surface area (Å²) in [4.78, 5) is 11.1. The van der Waals surface area contributed by atoms with Crippen LogP contribution in [0.3, 0.4) is 0 Å². The minimum atomic E-state index is -0.0466. The number of benzene rings is 1. The summed E-state index contributed by atoms with van der Waals surface area (Å²) >= 11 is 0. The van der Waals surface area contributed by atoms with Gasteiger partial charge in [0.2, 0.25) is 5.91 Å². The highest BCUT2D eigenvalue weighted by molar-refractivity contribution is 5.90. The Labute approximate surface area is 116 Å². The Balaban J connectivity index is 2.52. The standard InChI is InChI=1S/C15H25N3O/c1-11-6-7-13(10-14(11)18-12(2)19)16-8-9-17-15(3,4)5/h6-7,10,16-17H,8-9H2,1-5H3,(H,18,19). The minimum Gasteiger partial charge on any atom is -0.384 e. The fourth-order valence-electron chi connectivity index (χ4n) is 1.70. The first-order chi connectivity index (χ1) is 8.78. The van der Waals surface area contributed by atoms with Crippen LogP contribution in [0.5, 0.6) is 0 Å². The molecule has 1 amide bonds. The molecule has 0 spiro atoms. The van der Waals surface area contributed by atoms with Gasteiger partial charge in [0.1, 0.15) is 0 Å². The van der Waals surface area contributed by atoms with Crippen LogP contribution in [-0.4, -0.2) is 24.5 Å². The average Bonchev–Trinajstić information content (AvgIpc) is 2.26. The maximum absolute atomic E-state index is 11.1. The van der Waals surface area contributed by atoms with Crippen LogP contribution in [0.4, 0.5) is 11.4 Å². The van der Waals surface area contributed by atoms with Crippen LogP contribution < -0.4 is 16.0 Å². The molecule has 19 heavy (non-hydrogen) atoms. The van der Waals surface area contributed by atoms with E-state index in [-0.39, 0.29) is 11.4 Å². The van der Waals surface area contributed by atoms with Gasteiger partial charge in [-0.25, -0.2) is 0 Å². The van der Waals surface area contributed by atoms with Crippen LogP contribution in [0.2, 0.25) is 0 Å². The Morgan fingerprint density at radius 1 is 1.21 bits per heavy atom. The minimum absolute atomic E-state index is 0.0466. The van der Waals surface area contributed by atoms with E-state index in [2.05, 4.69) is 36.7 Å². The van der Waals surface area contributed by atoms with Gasteiger partial charge in [0.05, 0.1) is 0 Å². The van der Waals surface area contributed by atoms with Gasteiger partial charge in [-0.1, -0.05) is 6.07 Å². The maximum atomic E-state index is 11.1. The predicted molar refractivity (Wildman–Crippen MR) is 81.7 cm³/mol. The Hall–Kier alpha value is -1.55. The number of amides is 1. The zero-order chi connectivity index (χ0) is 14.5. The summed E-state index contributed by atoms with van der Waals surface area (Å²) in [7, 11) is 0. The molecule has 0 heterocycles. The number of nitrogens with one attached hydrogen (secondary N) is 3. The van der Waals surface area contributed by atoms with E-state index >= 15 is 0 Å². The molecule has 106 valence electrons. The second-order valence-corrected chi connectivity index (χ2v) is 5.81. The average molecular weight is 263 g/mol. The van der Waals surface area contributed by atoms with E-state index in [1.54, 1.807) is 0 Å². The number of rotatable bonds is 5. The van der Waals surface area contributed by atoms with E-state index in [4.69, 9.17) is 0 Å². The highest BCUT2D eigenvalue weighted by atomic mass is 16.1. The summed E-state index contributed by atoms with van der Waals surface area (Å²) in [5.41, 5.74) is 3.08. The summed E-state index contributed by atoms with van der Waals surface area (Å²) < 4.78 is 0. The molecule has 1 aromatic carbocycles. The van der Waals surface area contributed by atoms with Crippen molar-refractivity contribution in [1.82, 2.24) is 5.32 Å². The van der Waals surface area contributed by atoms with Crippen LogP contribution in [0.1, 0.15) is 33.3 Å². The first-order valence-electron chi connectivity index (χ1n) is 6.65. The molecule has 0 aliphatic carbocycles. The Kier molecular flexibility index (Phi) is 5.36. The van der Waals surface area contributed by atoms with Crippen molar-refractivity contribution in [3.8, 4) is 0 Å². The van der Waals surface area contributed by atoms with Gasteiger partial charge in [0, 0.05) is 36.9 Å². The molecule has 0 aromatic heterocycles. The van der Waals surface area contributed by atoms with Crippen molar-refractivity contribution in [3.63, 3.8) is 0 Å². The highest BCUT2D eigenvalue weighted by Gasteiger charge is 2.07. The predicted octanol–water partition coefficient (Wildman–Crippen LogP) is 2.75. The van der Waals surface area contributed by atoms with Crippen molar-refractivity contribution in [2.45, 2.75) is 40.2 Å². The van der Waals surface area contributed by atoms with Crippen LogP contribution >= 0.6 is 0 Å². The molecule has 0 saturated carbocycles. The van der Waals surface area contributed by atoms with E-state index in [0.717, 1.165) is 30.0 Å². The van der Waals surface area contributed by atoms with Crippen molar-refractivity contribution in [3.05, 3.63) is 23.8 Å². The lowest BCUT2D eigenvalue weighted by atomic mass is 10.1. The first kappa shape index (κ1) is 15.5. The summed E-state index contributed by atoms with van der Waals surface area (Å²) in [5.74, 6) is -0.0466. The third-order valence-electron chi connectivity index (χ3n) is 2.66. The van der Waals surface area contributed by atoms with Gasteiger partial charge in [-0.05, 0) is 45.4 Å². The quantitative estimate of drug-likeness (QED) is 0.716. The van der Waals surface area contributed by atoms with Gasteiger partial charge in [0.15, 0.2) is 0 Å². The molecular weight excluding hydrogens is 238 g/mol. The van der Waals surface area contributed by atoms with Crippen LogP contribution in [0.15, 0.2) is 18.2 Å². The first-order valence-corrected chi connectivity index (χ1v) is 6.65. The van der Waals surface area contributed by atoms with E-state index < -0.39 is 0 Å². The highest BCUT2D eigenvalue weighted by Crippen LogP contribution is 2.20. The van der Waals surface area contributed by atoms with Crippen molar-refractivity contribution >= 4 is 17.3 Å². The molecule has 3 N–H and O–H groups in total. The zero-order valence-electron chi connectivity index (χ0n) is 12.6. The Bertz CT molecular complexity index is 436. The molecule has 4 nitrogen and oxygen atoms in total. The molecule has 0 aliphatic rings. The maximum Gasteiger partial charge on any atom is 0.221 e. The molecule has 1 aromatic rings. The SMILES string of the molecule is CC(=O)Nc1cc(NCCNC(C)(C)C)ccc1C. The van der Waals surface area contributed by atoms with E-state index in [0.29, 0.717) is 0 Å². The molecule has 0 atom stereocenters. The van der Waals surface area contributed by atoms with Crippen LogP contribution in [0, 0.1) is 6.92 Å². The second kappa shape index (κ2) is 6.57. The number of anilines is 2. The van der Waals surface area contributed by atoms with Gasteiger partial charge >= 0.3 is 0 Å². The van der Waals surface area contributed by atoms with Crippen molar-refractivity contribution < 1.29 is 4.79 Å². The van der Waals surface area contributed by atoms with Gasteiger partial charge < -0.3 is 16.0 Å². The molecule has 0 radical (unpaired) electrons. The lowest BCUT2D eigenvalue weighted by Gasteiger charge is -2.21. The van der Waals surface area contributed by atoms with E-state index in [1.165, 1.54) is 6.92 Å². The molecule has 1 rings (SSSR count). The van der Waals surface area contributed by atoms with E-state index in [9.17, 15) is 4.79 Å². The zero-order valence-corrected chi connectivity index (χ0v) is 12.6. The lowest BCUT2D eigenvalue weighted by molar-refractivity contribution is -0.114. The monoisotopic (exact) mass is 263 g/mol. The second-order valence-electron chi connectivity index (χ2n) is 5.81. The summed E-state index contributed by atoms with van der Waals surface area (Å²) in [6, 6.07) is 6.00. The normalized spacial score (nSPS) is 11.2. The largest absolute Gasteiger partial charge is 0.384 e. The Morgan fingerprint density at radius 3 is 2.47 bits per heavy atom. The van der Waals surface area contributed by atoms with Crippen LogP contribution in [-0.2, 0) is 4.79 Å². The van der Waals surface area contributed by atoms with Gasteiger partial charge in [-0.2, -0.15) is 0 Å². The third-order valence-corrected chi connectivity index (χ3v) is 2.66. The fourth-order valence-corrected chi connectivity index (χ4v) is 1.70.